The van der Waals surface area contributed by atoms with Crippen molar-refractivity contribution in [2.45, 2.75) is 6.92 Å². The molecule has 1 saturated heterocycles. The Morgan fingerprint density at radius 3 is 2.52 bits per heavy atom. The maximum Gasteiger partial charge on any atom is 0.308 e. The quantitative estimate of drug-likeness (QED) is 0.484. The SMILES string of the molecule is COc1cc(/C=C2\SC(=O)N(C)C2=O)ccc1OC(C)=O. The van der Waals surface area contributed by atoms with Crippen molar-refractivity contribution < 1.29 is 23.9 Å². The largest absolute Gasteiger partial charge is 0.493 e. The minimum absolute atomic E-state index is 0.297. The molecule has 21 heavy (non-hydrogen) atoms. The third kappa shape index (κ3) is 3.25. The van der Waals surface area contributed by atoms with Crippen molar-refractivity contribution in [3.05, 3.63) is 28.7 Å². The molecule has 0 atom stereocenters. The summed E-state index contributed by atoms with van der Waals surface area (Å²) in [6.07, 6.45) is 1.59. The van der Waals surface area contributed by atoms with Crippen LogP contribution in [0.25, 0.3) is 6.08 Å². The van der Waals surface area contributed by atoms with Gasteiger partial charge in [0, 0.05) is 14.0 Å². The molecule has 2 rings (SSSR count). The van der Waals surface area contributed by atoms with Crippen LogP contribution in [0, 0.1) is 0 Å². The minimum atomic E-state index is -0.451. The third-order valence-corrected chi connectivity index (χ3v) is 3.69. The lowest BCUT2D eigenvalue weighted by atomic mass is 10.2. The second kappa shape index (κ2) is 6.01. The number of esters is 1. The molecule has 0 aromatic heterocycles. The van der Waals surface area contributed by atoms with Crippen LogP contribution in [0.3, 0.4) is 0 Å². The summed E-state index contributed by atoms with van der Waals surface area (Å²) in [5.41, 5.74) is 0.668. The summed E-state index contributed by atoms with van der Waals surface area (Å²) in [5, 5.41) is -0.310. The van der Waals surface area contributed by atoms with Crippen molar-refractivity contribution in [1.82, 2.24) is 4.90 Å². The number of benzene rings is 1. The van der Waals surface area contributed by atoms with Crippen LogP contribution in [0.4, 0.5) is 4.79 Å². The van der Waals surface area contributed by atoms with Gasteiger partial charge in [0.2, 0.25) is 0 Å². The Morgan fingerprint density at radius 1 is 1.29 bits per heavy atom. The minimum Gasteiger partial charge on any atom is -0.493 e. The van der Waals surface area contributed by atoms with Gasteiger partial charge in [-0.1, -0.05) is 6.07 Å². The van der Waals surface area contributed by atoms with Gasteiger partial charge in [-0.05, 0) is 35.5 Å². The molecule has 1 aromatic carbocycles. The Morgan fingerprint density at radius 2 is 2.00 bits per heavy atom. The van der Waals surface area contributed by atoms with E-state index >= 15 is 0 Å². The number of amides is 2. The number of thioether (sulfide) groups is 1. The Balaban J connectivity index is 2.32. The Bertz CT molecular complexity index is 653. The van der Waals surface area contributed by atoms with E-state index in [1.54, 1.807) is 24.3 Å². The van der Waals surface area contributed by atoms with Crippen LogP contribution in [-0.4, -0.2) is 36.2 Å². The van der Waals surface area contributed by atoms with Gasteiger partial charge in [0.15, 0.2) is 11.5 Å². The zero-order valence-electron chi connectivity index (χ0n) is 11.7. The van der Waals surface area contributed by atoms with Gasteiger partial charge in [-0.3, -0.25) is 19.3 Å². The first-order chi connectivity index (χ1) is 9.92. The summed E-state index contributed by atoms with van der Waals surface area (Å²) in [6, 6.07) is 4.87. The summed E-state index contributed by atoms with van der Waals surface area (Å²) < 4.78 is 10.1. The van der Waals surface area contributed by atoms with E-state index in [1.165, 1.54) is 21.1 Å². The van der Waals surface area contributed by atoms with Gasteiger partial charge >= 0.3 is 5.97 Å². The van der Waals surface area contributed by atoms with E-state index in [1.807, 2.05) is 0 Å². The number of methoxy groups -OCH3 is 1. The number of imide groups is 1. The van der Waals surface area contributed by atoms with Crippen LogP contribution in [0.2, 0.25) is 0 Å². The Kier molecular flexibility index (Phi) is 4.32. The lowest BCUT2D eigenvalue weighted by Crippen LogP contribution is -2.22. The van der Waals surface area contributed by atoms with Gasteiger partial charge in [-0.15, -0.1) is 0 Å². The Labute approximate surface area is 125 Å². The highest BCUT2D eigenvalue weighted by Crippen LogP contribution is 2.33. The van der Waals surface area contributed by atoms with E-state index in [0.717, 1.165) is 16.7 Å². The highest BCUT2D eigenvalue weighted by molar-refractivity contribution is 8.18. The maximum absolute atomic E-state index is 11.8. The number of carbonyl (C=O) groups is 3. The zero-order valence-corrected chi connectivity index (χ0v) is 12.5. The molecule has 7 heteroatoms. The highest BCUT2D eigenvalue weighted by atomic mass is 32.2. The fraction of sp³-hybridized carbons (Fsp3) is 0.214. The van der Waals surface area contributed by atoms with Gasteiger partial charge < -0.3 is 9.47 Å². The van der Waals surface area contributed by atoms with Crippen molar-refractivity contribution in [2.24, 2.45) is 0 Å². The molecule has 0 aliphatic carbocycles. The van der Waals surface area contributed by atoms with Crippen LogP contribution in [-0.2, 0) is 9.59 Å². The average molecular weight is 307 g/mol. The topological polar surface area (TPSA) is 72.9 Å². The average Bonchev–Trinajstić information content (AvgIpc) is 2.67. The monoisotopic (exact) mass is 307 g/mol. The number of rotatable bonds is 3. The summed E-state index contributed by atoms with van der Waals surface area (Å²) in [4.78, 5) is 35.6. The Hall–Kier alpha value is -2.28. The van der Waals surface area contributed by atoms with E-state index in [0.29, 0.717) is 22.0 Å². The smallest absolute Gasteiger partial charge is 0.308 e. The lowest BCUT2D eigenvalue weighted by molar-refractivity contribution is -0.132. The molecule has 1 heterocycles. The van der Waals surface area contributed by atoms with Gasteiger partial charge in [0.05, 0.1) is 12.0 Å². The van der Waals surface area contributed by atoms with E-state index < -0.39 is 5.97 Å². The van der Waals surface area contributed by atoms with Crippen molar-refractivity contribution in [1.29, 1.82) is 0 Å². The number of carbonyl (C=O) groups excluding carboxylic acids is 3. The van der Waals surface area contributed by atoms with E-state index in [4.69, 9.17) is 9.47 Å². The summed E-state index contributed by atoms with van der Waals surface area (Å²) in [7, 11) is 2.88. The van der Waals surface area contributed by atoms with E-state index in [-0.39, 0.29) is 11.1 Å². The molecule has 2 amide bonds. The standard InChI is InChI=1S/C14H13NO5S/c1-8(16)20-10-5-4-9(6-11(10)19-3)7-12-13(17)15(2)14(18)21-12/h4-7H,1-3H3/b12-7-. The van der Waals surface area contributed by atoms with Crippen LogP contribution in [0.5, 0.6) is 11.5 Å². The van der Waals surface area contributed by atoms with Crippen LogP contribution >= 0.6 is 11.8 Å². The molecule has 1 aliphatic heterocycles. The lowest BCUT2D eigenvalue weighted by Gasteiger charge is -2.08. The number of likely N-dealkylation sites (N-methyl/N-ethyl adjacent to an activating group) is 1. The summed E-state index contributed by atoms with van der Waals surface area (Å²) in [6.45, 7) is 1.30. The molecule has 1 fully saturated rings. The molecule has 110 valence electrons. The van der Waals surface area contributed by atoms with Gasteiger partial charge in [-0.2, -0.15) is 0 Å². The number of hydrogen-bond acceptors (Lipinski definition) is 6. The molecule has 0 unspecified atom stereocenters. The number of nitrogens with zero attached hydrogens (tertiary/aromatic N) is 1. The predicted octanol–water partition coefficient (Wildman–Crippen LogP) is 2.29. The second-order valence-corrected chi connectivity index (χ2v) is 5.24. The fourth-order valence-electron chi connectivity index (χ4n) is 1.71. The molecule has 1 aromatic rings. The first-order valence-corrected chi connectivity index (χ1v) is 6.82. The molecule has 6 nitrogen and oxygen atoms in total. The summed E-state index contributed by atoms with van der Waals surface area (Å²) >= 11 is 0.877. The second-order valence-electron chi connectivity index (χ2n) is 4.24. The van der Waals surface area contributed by atoms with Crippen molar-refractivity contribution in [3.8, 4) is 11.5 Å². The molecule has 0 spiro atoms. The van der Waals surface area contributed by atoms with Crippen molar-refractivity contribution in [2.75, 3.05) is 14.2 Å². The molecule has 0 N–H and O–H groups in total. The molecule has 0 radical (unpaired) electrons. The normalized spacial score (nSPS) is 16.5. The summed E-state index contributed by atoms with van der Waals surface area (Å²) in [5.74, 6) is -0.124. The first-order valence-electron chi connectivity index (χ1n) is 6.00. The van der Waals surface area contributed by atoms with Gasteiger partial charge in [0.25, 0.3) is 11.1 Å². The number of hydrogen-bond donors (Lipinski definition) is 0. The predicted molar refractivity (Wildman–Crippen MR) is 78.0 cm³/mol. The molecule has 0 bridgehead atoms. The number of ether oxygens (including phenoxy) is 2. The maximum atomic E-state index is 11.8. The third-order valence-electron chi connectivity index (χ3n) is 2.73. The molecular formula is C14H13NO5S. The van der Waals surface area contributed by atoms with Crippen LogP contribution in [0.15, 0.2) is 23.1 Å². The van der Waals surface area contributed by atoms with E-state index in [9.17, 15) is 14.4 Å². The van der Waals surface area contributed by atoms with Crippen molar-refractivity contribution in [3.63, 3.8) is 0 Å². The van der Waals surface area contributed by atoms with Crippen LogP contribution < -0.4 is 9.47 Å². The molecular weight excluding hydrogens is 294 g/mol. The van der Waals surface area contributed by atoms with Gasteiger partial charge in [0.1, 0.15) is 0 Å². The van der Waals surface area contributed by atoms with Crippen molar-refractivity contribution >= 4 is 35.0 Å². The fourth-order valence-corrected chi connectivity index (χ4v) is 2.54. The highest BCUT2D eigenvalue weighted by Gasteiger charge is 2.31. The molecule has 1 aliphatic rings. The van der Waals surface area contributed by atoms with Crippen LogP contribution in [0.1, 0.15) is 12.5 Å². The first kappa shape index (κ1) is 15.1. The zero-order chi connectivity index (χ0) is 15.6. The van der Waals surface area contributed by atoms with Gasteiger partial charge in [-0.25, -0.2) is 0 Å². The van der Waals surface area contributed by atoms with E-state index in [2.05, 4.69) is 0 Å². The molecule has 0 saturated carbocycles.